The molecule has 0 aliphatic carbocycles. The molecule has 1 aromatic carbocycles. The van der Waals surface area contributed by atoms with Crippen LogP contribution in [0.3, 0.4) is 0 Å². The number of hydrogen-bond donors (Lipinski definition) is 0. The lowest BCUT2D eigenvalue weighted by Gasteiger charge is -2.15. The van der Waals surface area contributed by atoms with E-state index in [2.05, 4.69) is 24.7 Å². The van der Waals surface area contributed by atoms with Crippen molar-refractivity contribution in [3.63, 3.8) is 0 Å². The highest BCUT2D eigenvalue weighted by atomic mass is 28.3. The molecule has 0 saturated heterocycles. The molecule has 0 atom stereocenters. The Kier molecular flexibility index (Phi) is 5.36. The molecule has 0 bridgehead atoms. The second-order valence-corrected chi connectivity index (χ2v) is 12.2. The highest BCUT2D eigenvalue weighted by Crippen LogP contribution is 2.23. The van der Waals surface area contributed by atoms with E-state index < -0.39 is 20.9 Å². The molecule has 0 fully saturated rings. The second-order valence-electron chi connectivity index (χ2n) is 6.62. The zero-order chi connectivity index (χ0) is 17.1. The third kappa shape index (κ3) is 5.87. The Balaban J connectivity index is 2.00. The summed E-state index contributed by atoms with van der Waals surface area (Å²) in [6.45, 7) is 6.43. The number of rotatable bonds is 7. The van der Waals surface area contributed by atoms with Gasteiger partial charge in [-0.25, -0.2) is 4.68 Å². The molecule has 2 rings (SSSR count). The maximum absolute atomic E-state index is 12.2. The van der Waals surface area contributed by atoms with Crippen LogP contribution in [0.4, 0.5) is 13.2 Å². The molecule has 0 radical (unpaired) electrons. The number of fused-ring (bicyclic) bond motifs is 1. The highest BCUT2D eigenvalue weighted by Gasteiger charge is 2.28. The first-order valence-corrected chi connectivity index (χ1v) is 11.1. The molecule has 0 saturated carbocycles. The fourth-order valence-corrected chi connectivity index (χ4v) is 2.69. The zero-order valence-corrected chi connectivity index (χ0v) is 14.5. The van der Waals surface area contributed by atoms with Gasteiger partial charge in [-0.2, -0.15) is 18.3 Å². The minimum atomic E-state index is -4.35. The van der Waals surface area contributed by atoms with E-state index >= 15 is 0 Å². The lowest BCUT2D eigenvalue weighted by Crippen LogP contribution is -2.22. The summed E-state index contributed by atoms with van der Waals surface area (Å²) in [7, 11) is -1.15. The van der Waals surface area contributed by atoms with Gasteiger partial charge in [-0.1, -0.05) is 19.6 Å². The molecular formula is C15H21F3N2O2Si. The second kappa shape index (κ2) is 6.92. The van der Waals surface area contributed by atoms with E-state index in [0.29, 0.717) is 12.1 Å². The highest BCUT2D eigenvalue weighted by molar-refractivity contribution is 6.76. The average molecular weight is 346 g/mol. The predicted molar refractivity (Wildman–Crippen MR) is 85.4 cm³/mol. The summed E-state index contributed by atoms with van der Waals surface area (Å²) in [5.41, 5.74) is 0.692. The van der Waals surface area contributed by atoms with E-state index in [0.717, 1.165) is 11.4 Å². The topological polar surface area (TPSA) is 36.3 Å². The predicted octanol–water partition coefficient (Wildman–Crippen LogP) is 4.29. The first-order chi connectivity index (χ1) is 10.6. The van der Waals surface area contributed by atoms with Crippen LogP contribution >= 0.6 is 0 Å². The molecule has 1 heterocycles. The third-order valence-corrected chi connectivity index (χ3v) is 4.93. The number of alkyl halides is 3. The molecule has 1 aromatic heterocycles. The fourth-order valence-electron chi connectivity index (χ4n) is 1.94. The van der Waals surface area contributed by atoms with Gasteiger partial charge >= 0.3 is 6.18 Å². The molecule has 0 aliphatic rings. The lowest BCUT2D eigenvalue weighted by atomic mass is 10.2. The van der Waals surface area contributed by atoms with E-state index in [9.17, 15) is 13.2 Å². The van der Waals surface area contributed by atoms with Crippen molar-refractivity contribution in [1.82, 2.24) is 9.78 Å². The molecule has 0 N–H and O–H groups in total. The quantitative estimate of drug-likeness (QED) is 0.554. The zero-order valence-electron chi connectivity index (χ0n) is 13.5. The van der Waals surface area contributed by atoms with Gasteiger partial charge in [-0.05, 0) is 18.2 Å². The Morgan fingerprint density at radius 3 is 2.61 bits per heavy atom. The van der Waals surface area contributed by atoms with Crippen molar-refractivity contribution < 1.29 is 22.6 Å². The van der Waals surface area contributed by atoms with Crippen LogP contribution in [0, 0.1) is 0 Å². The molecule has 0 unspecified atom stereocenters. The Bertz CT molecular complexity index is 650. The van der Waals surface area contributed by atoms with Gasteiger partial charge in [0.05, 0.1) is 11.7 Å². The Hall–Kier alpha value is -1.54. The number of halogens is 3. The van der Waals surface area contributed by atoms with Crippen LogP contribution in [0.5, 0.6) is 5.75 Å². The van der Waals surface area contributed by atoms with Gasteiger partial charge in [0.15, 0.2) is 6.61 Å². The van der Waals surface area contributed by atoms with Crippen molar-refractivity contribution in [3.05, 3.63) is 24.4 Å². The van der Waals surface area contributed by atoms with Crippen molar-refractivity contribution in [2.24, 2.45) is 0 Å². The lowest BCUT2D eigenvalue weighted by molar-refractivity contribution is -0.153. The summed E-state index contributed by atoms with van der Waals surface area (Å²) in [5, 5.41) is 5.04. The molecule has 0 aliphatic heterocycles. The van der Waals surface area contributed by atoms with Crippen LogP contribution in [0.2, 0.25) is 25.7 Å². The van der Waals surface area contributed by atoms with E-state index in [1.807, 2.05) is 0 Å². The van der Waals surface area contributed by atoms with Crippen LogP contribution in [0.25, 0.3) is 10.9 Å². The van der Waals surface area contributed by atoms with Gasteiger partial charge in [0, 0.05) is 26.1 Å². The number of benzene rings is 1. The van der Waals surface area contributed by atoms with E-state index in [-0.39, 0.29) is 12.5 Å². The Morgan fingerprint density at radius 2 is 1.96 bits per heavy atom. The fraction of sp³-hybridized carbons (Fsp3) is 0.533. The summed E-state index contributed by atoms with van der Waals surface area (Å²) in [6.07, 6.45) is -2.69. The van der Waals surface area contributed by atoms with Gasteiger partial charge in [0.1, 0.15) is 12.5 Å². The van der Waals surface area contributed by atoms with Crippen molar-refractivity contribution in [2.75, 3.05) is 13.2 Å². The summed E-state index contributed by atoms with van der Waals surface area (Å²) in [6, 6.07) is 5.79. The first-order valence-electron chi connectivity index (χ1n) is 7.37. The van der Waals surface area contributed by atoms with Crippen LogP contribution in [0.1, 0.15) is 0 Å². The number of hydrogen-bond acceptors (Lipinski definition) is 3. The number of nitrogens with zero attached hydrogens (tertiary/aromatic N) is 2. The van der Waals surface area contributed by atoms with Gasteiger partial charge in [-0.3, -0.25) is 0 Å². The molecule has 23 heavy (non-hydrogen) atoms. The molecule has 0 spiro atoms. The van der Waals surface area contributed by atoms with Crippen molar-refractivity contribution in [1.29, 1.82) is 0 Å². The smallest absolute Gasteiger partial charge is 0.422 e. The molecule has 0 amide bonds. The monoisotopic (exact) mass is 346 g/mol. The summed E-state index contributed by atoms with van der Waals surface area (Å²) < 4.78 is 48.7. The van der Waals surface area contributed by atoms with E-state index in [1.165, 1.54) is 6.07 Å². The number of aromatic nitrogens is 2. The molecule has 2 aromatic rings. The molecular weight excluding hydrogens is 325 g/mol. The normalized spacial score (nSPS) is 12.8. The summed E-state index contributed by atoms with van der Waals surface area (Å²) >= 11 is 0. The largest absolute Gasteiger partial charge is 0.484 e. The standard InChI is InChI=1S/C15H21F3N2O2Si/c1-23(2,3)7-6-21-11-20-14-8-13(22-10-15(16,17)18)5-4-12(14)9-19-20/h4-5,8-9H,6-7,10-11H2,1-3H3. The first kappa shape index (κ1) is 17.8. The van der Waals surface area contributed by atoms with Crippen molar-refractivity contribution in [3.8, 4) is 5.75 Å². The van der Waals surface area contributed by atoms with Crippen molar-refractivity contribution in [2.45, 2.75) is 38.6 Å². The summed E-state index contributed by atoms with van der Waals surface area (Å²) in [5.74, 6) is 0.165. The van der Waals surface area contributed by atoms with Crippen LogP contribution in [0.15, 0.2) is 24.4 Å². The molecule has 8 heteroatoms. The van der Waals surface area contributed by atoms with Gasteiger partial charge in [0.2, 0.25) is 0 Å². The van der Waals surface area contributed by atoms with Crippen LogP contribution in [-0.2, 0) is 11.5 Å². The van der Waals surface area contributed by atoms with Gasteiger partial charge in [0.25, 0.3) is 0 Å². The maximum atomic E-state index is 12.2. The Morgan fingerprint density at radius 1 is 1.22 bits per heavy atom. The van der Waals surface area contributed by atoms with E-state index in [4.69, 9.17) is 9.47 Å². The Labute approximate surface area is 134 Å². The average Bonchev–Trinajstić information content (AvgIpc) is 2.82. The van der Waals surface area contributed by atoms with Crippen molar-refractivity contribution >= 4 is 19.0 Å². The SMILES string of the molecule is C[Si](C)(C)CCOCn1ncc2ccc(OCC(F)(F)F)cc21. The minimum absolute atomic E-state index is 0.165. The van der Waals surface area contributed by atoms with Gasteiger partial charge in [-0.15, -0.1) is 0 Å². The summed E-state index contributed by atoms with van der Waals surface area (Å²) in [4.78, 5) is 0. The maximum Gasteiger partial charge on any atom is 0.422 e. The third-order valence-electron chi connectivity index (χ3n) is 3.23. The molecule has 4 nitrogen and oxygen atoms in total. The molecule has 128 valence electrons. The van der Waals surface area contributed by atoms with Gasteiger partial charge < -0.3 is 9.47 Å². The van der Waals surface area contributed by atoms with Crippen LogP contribution < -0.4 is 4.74 Å². The number of ether oxygens (including phenoxy) is 2. The minimum Gasteiger partial charge on any atom is -0.484 e. The van der Waals surface area contributed by atoms with Crippen LogP contribution in [-0.4, -0.2) is 37.2 Å². The van der Waals surface area contributed by atoms with E-state index in [1.54, 1.807) is 23.0 Å².